The second-order valence-corrected chi connectivity index (χ2v) is 5.43. The van der Waals surface area contributed by atoms with Gasteiger partial charge in [-0.1, -0.05) is 23.7 Å². The summed E-state index contributed by atoms with van der Waals surface area (Å²) in [7, 11) is 1.37. The summed E-state index contributed by atoms with van der Waals surface area (Å²) in [5.41, 5.74) is 1.11. The molecule has 0 saturated heterocycles. The molecule has 4 heteroatoms. The number of ketones is 1. The van der Waals surface area contributed by atoms with Gasteiger partial charge >= 0.3 is 5.97 Å². The molecule has 0 aromatic heterocycles. The van der Waals surface area contributed by atoms with E-state index in [1.807, 2.05) is 24.3 Å². The van der Waals surface area contributed by atoms with E-state index in [1.165, 1.54) is 7.11 Å². The lowest BCUT2D eigenvalue weighted by Crippen LogP contribution is -2.31. The Kier molecular flexibility index (Phi) is 4.59. The summed E-state index contributed by atoms with van der Waals surface area (Å²) < 4.78 is 4.70. The van der Waals surface area contributed by atoms with Gasteiger partial charge in [-0.15, -0.1) is 0 Å². The molecule has 1 aromatic rings. The molecule has 1 aromatic carbocycles. The maximum Gasteiger partial charge on any atom is 0.309 e. The van der Waals surface area contributed by atoms with Gasteiger partial charge in [-0.3, -0.25) is 9.59 Å². The van der Waals surface area contributed by atoms with Gasteiger partial charge in [0.05, 0.1) is 13.0 Å². The maximum atomic E-state index is 12.1. The number of methoxy groups -OCH3 is 1. The molecule has 102 valence electrons. The molecular formula is C15H17ClO3. The SMILES string of the molecule is COC(=O)C1CCC(Cc2ccc(Cl)cc2)C(=O)C1. The summed E-state index contributed by atoms with van der Waals surface area (Å²) in [5.74, 6) is -0.337. The third kappa shape index (κ3) is 3.57. The van der Waals surface area contributed by atoms with Crippen LogP contribution in [0.15, 0.2) is 24.3 Å². The highest BCUT2D eigenvalue weighted by Gasteiger charge is 2.32. The number of hydrogen-bond acceptors (Lipinski definition) is 3. The molecule has 2 unspecified atom stereocenters. The lowest BCUT2D eigenvalue weighted by atomic mass is 9.78. The quantitative estimate of drug-likeness (QED) is 0.799. The summed E-state index contributed by atoms with van der Waals surface area (Å²) in [6.45, 7) is 0. The minimum absolute atomic E-state index is 0.0158. The van der Waals surface area contributed by atoms with E-state index in [9.17, 15) is 9.59 Å². The Morgan fingerprint density at radius 2 is 2.00 bits per heavy atom. The third-order valence-electron chi connectivity index (χ3n) is 3.70. The second kappa shape index (κ2) is 6.20. The molecule has 3 nitrogen and oxygen atoms in total. The van der Waals surface area contributed by atoms with Gasteiger partial charge in [0.15, 0.2) is 0 Å². The Morgan fingerprint density at radius 1 is 1.32 bits per heavy atom. The van der Waals surface area contributed by atoms with Gasteiger partial charge in [0.2, 0.25) is 0 Å². The van der Waals surface area contributed by atoms with Crippen LogP contribution in [0.3, 0.4) is 0 Å². The highest BCUT2D eigenvalue weighted by atomic mass is 35.5. The van der Waals surface area contributed by atoms with Crippen molar-refractivity contribution in [2.45, 2.75) is 25.7 Å². The summed E-state index contributed by atoms with van der Waals surface area (Å²) >= 11 is 5.83. The van der Waals surface area contributed by atoms with Crippen molar-refractivity contribution in [3.63, 3.8) is 0 Å². The minimum Gasteiger partial charge on any atom is -0.469 e. The van der Waals surface area contributed by atoms with E-state index >= 15 is 0 Å². The van der Waals surface area contributed by atoms with Gasteiger partial charge < -0.3 is 4.74 Å². The first-order chi connectivity index (χ1) is 9.10. The van der Waals surface area contributed by atoms with E-state index in [2.05, 4.69) is 0 Å². The van der Waals surface area contributed by atoms with Crippen LogP contribution >= 0.6 is 11.6 Å². The number of halogens is 1. The molecule has 0 bridgehead atoms. The van der Waals surface area contributed by atoms with Crippen molar-refractivity contribution in [3.05, 3.63) is 34.9 Å². The fraction of sp³-hybridized carbons (Fsp3) is 0.467. The molecule has 2 rings (SSSR count). The van der Waals surface area contributed by atoms with Crippen molar-refractivity contribution in [2.24, 2.45) is 11.8 Å². The van der Waals surface area contributed by atoms with Crippen LogP contribution in [0.5, 0.6) is 0 Å². The monoisotopic (exact) mass is 280 g/mol. The van der Waals surface area contributed by atoms with Crippen LogP contribution in [-0.2, 0) is 20.7 Å². The van der Waals surface area contributed by atoms with Crippen molar-refractivity contribution < 1.29 is 14.3 Å². The summed E-state index contributed by atoms with van der Waals surface area (Å²) in [5, 5.41) is 0.699. The van der Waals surface area contributed by atoms with E-state index in [1.54, 1.807) is 0 Å². The Hall–Kier alpha value is -1.35. The fourth-order valence-corrected chi connectivity index (χ4v) is 2.69. The Balaban J connectivity index is 1.95. The number of benzene rings is 1. The number of carbonyl (C=O) groups is 2. The first-order valence-corrected chi connectivity index (χ1v) is 6.83. The smallest absolute Gasteiger partial charge is 0.309 e. The zero-order valence-corrected chi connectivity index (χ0v) is 11.7. The van der Waals surface area contributed by atoms with Crippen LogP contribution in [-0.4, -0.2) is 18.9 Å². The standard InChI is InChI=1S/C15H17ClO3/c1-19-15(18)12-5-4-11(14(17)9-12)8-10-2-6-13(16)7-3-10/h2-3,6-7,11-12H,4-5,8-9H2,1H3. The average molecular weight is 281 g/mol. The topological polar surface area (TPSA) is 43.4 Å². The normalized spacial score (nSPS) is 23.2. The molecular weight excluding hydrogens is 264 g/mol. The summed E-state index contributed by atoms with van der Waals surface area (Å²) in [4.78, 5) is 23.5. The van der Waals surface area contributed by atoms with E-state index in [0.717, 1.165) is 24.8 Å². The first kappa shape index (κ1) is 14.1. The van der Waals surface area contributed by atoms with Gasteiger partial charge in [-0.05, 0) is 37.0 Å². The molecule has 2 atom stereocenters. The van der Waals surface area contributed by atoms with Gasteiger partial charge in [-0.25, -0.2) is 0 Å². The highest BCUT2D eigenvalue weighted by Crippen LogP contribution is 2.29. The molecule has 1 aliphatic carbocycles. The molecule has 1 saturated carbocycles. The molecule has 1 fully saturated rings. The van der Waals surface area contributed by atoms with Crippen LogP contribution in [0.4, 0.5) is 0 Å². The van der Waals surface area contributed by atoms with Crippen molar-refractivity contribution in [3.8, 4) is 0 Å². The largest absolute Gasteiger partial charge is 0.469 e. The predicted molar refractivity (Wildman–Crippen MR) is 73.0 cm³/mol. The number of carbonyl (C=O) groups excluding carboxylic acids is 2. The van der Waals surface area contributed by atoms with Crippen LogP contribution in [0.1, 0.15) is 24.8 Å². The van der Waals surface area contributed by atoms with E-state index in [4.69, 9.17) is 16.3 Å². The lowest BCUT2D eigenvalue weighted by Gasteiger charge is -2.25. The zero-order valence-electron chi connectivity index (χ0n) is 10.9. The molecule has 0 radical (unpaired) electrons. The molecule has 19 heavy (non-hydrogen) atoms. The van der Waals surface area contributed by atoms with Gasteiger partial charge in [-0.2, -0.15) is 0 Å². The van der Waals surface area contributed by atoms with Crippen molar-refractivity contribution in [1.82, 2.24) is 0 Å². The van der Waals surface area contributed by atoms with Crippen LogP contribution in [0.25, 0.3) is 0 Å². The number of rotatable bonds is 3. The van der Waals surface area contributed by atoms with Crippen molar-refractivity contribution in [1.29, 1.82) is 0 Å². The number of Topliss-reactive ketones (excluding diaryl/α,β-unsaturated/α-hetero) is 1. The van der Waals surface area contributed by atoms with E-state index in [0.29, 0.717) is 11.4 Å². The second-order valence-electron chi connectivity index (χ2n) is 5.00. The van der Waals surface area contributed by atoms with Crippen LogP contribution in [0.2, 0.25) is 5.02 Å². The number of esters is 1. The van der Waals surface area contributed by atoms with Gasteiger partial charge in [0, 0.05) is 17.4 Å². The predicted octanol–water partition coefficient (Wildman–Crippen LogP) is 3.04. The van der Waals surface area contributed by atoms with Crippen molar-refractivity contribution in [2.75, 3.05) is 7.11 Å². The Labute approximate surface area is 117 Å². The number of ether oxygens (including phenoxy) is 1. The molecule has 0 aliphatic heterocycles. The molecule has 0 spiro atoms. The van der Waals surface area contributed by atoms with Crippen LogP contribution in [0, 0.1) is 11.8 Å². The lowest BCUT2D eigenvalue weighted by molar-refractivity contribution is -0.149. The molecule has 1 aliphatic rings. The molecule has 0 heterocycles. The maximum absolute atomic E-state index is 12.1. The van der Waals surface area contributed by atoms with Gasteiger partial charge in [0.25, 0.3) is 0 Å². The van der Waals surface area contributed by atoms with E-state index in [-0.39, 0.29) is 23.6 Å². The molecule has 0 amide bonds. The average Bonchev–Trinajstić information content (AvgIpc) is 2.42. The minimum atomic E-state index is -0.265. The van der Waals surface area contributed by atoms with Crippen molar-refractivity contribution >= 4 is 23.4 Å². The highest BCUT2D eigenvalue weighted by molar-refractivity contribution is 6.30. The van der Waals surface area contributed by atoms with E-state index < -0.39 is 0 Å². The Bertz CT molecular complexity index is 467. The molecule has 0 N–H and O–H groups in total. The third-order valence-corrected chi connectivity index (χ3v) is 3.95. The number of hydrogen-bond donors (Lipinski definition) is 0. The summed E-state index contributed by atoms with van der Waals surface area (Å²) in [6.07, 6.45) is 2.52. The Morgan fingerprint density at radius 3 is 2.58 bits per heavy atom. The first-order valence-electron chi connectivity index (χ1n) is 6.45. The van der Waals surface area contributed by atoms with Crippen LogP contribution < -0.4 is 0 Å². The fourth-order valence-electron chi connectivity index (χ4n) is 2.56. The zero-order chi connectivity index (χ0) is 13.8. The van der Waals surface area contributed by atoms with Gasteiger partial charge in [0.1, 0.15) is 5.78 Å². The summed E-state index contributed by atoms with van der Waals surface area (Å²) in [6, 6.07) is 7.56.